The molecule has 0 radical (unpaired) electrons. The Kier molecular flexibility index (Phi) is 8.91. The largest absolute Gasteiger partial charge is 0.493 e. The van der Waals surface area contributed by atoms with Crippen molar-refractivity contribution in [3.8, 4) is 23.0 Å². The maximum atomic E-state index is 12.6. The zero-order valence-electron chi connectivity index (χ0n) is 19.9. The normalized spacial score (nSPS) is 15.0. The summed E-state index contributed by atoms with van der Waals surface area (Å²) in [5.74, 6) is 1.76. The van der Waals surface area contributed by atoms with Gasteiger partial charge < -0.3 is 28.8 Å². The van der Waals surface area contributed by atoms with E-state index in [0.717, 1.165) is 0 Å². The van der Waals surface area contributed by atoms with E-state index in [-0.39, 0.29) is 29.5 Å². The maximum Gasteiger partial charge on any atom is 0.409 e. The van der Waals surface area contributed by atoms with Gasteiger partial charge in [0.15, 0.2) is 11.5 Å². The minimum absolute atomic E-state index is 0.0550. The Labute approximate surface area is 201 Å². The molecule has 0 spiro atoms. The maximum absolute atomic E-state index is 12.6. The van der Waals surface area contributed by atoms with E-state index in [4.69, 9.17) is 18.6 Å². The molecule has 1 N–H and O–H groups in total. The molecule has 1 aromatic heterocycles. The molecule has 0 saturated carbocycles. The van der Waals surface area contributed by atoms with Crippen molar-refractivity contribution >= 4 is 22.8 Å². The molecular weight excluding hydrogens is 462 g/mol. The molecule has 11 heteroatoms. The number of carbonyl (C=O) groups excluding carboxylic acids is 2. The summed E-state index contributed by atoms with van der Waals surface area (Å²) in [6.07, 6.45) is 0.937. The summed E-state index contributed by atoms with van der Waals surface area (Å²) in [5.41, 5.74) is 1.24. The Morgan fingerprint density at radius 3 is 2.56 bits per heavy atom. The molecule has 2 amide bonds. The fourth-order valence-electron chi connectivity index (χ4n) is 3.69. The van der Waals surface area contributed by atoms with Crippen molar-refractivity contribution in [2.45, 2.75) is 38.5 Å². The SMILES string of the molecule is CCOC(=O)N1CCC(NC(=O)C[S@@](=O)Cc2nc(-c3ccc(OC)c(OC)c3)oc2C)CC1. The Morgan fingerprint density at radius 1 is 1.21 bits per heavy atom. The number of oxazole rings is 1. The molecule has 10 nitrogen and oxygen atoms in total. The summed E-state index contributed by atoms with van der Waals surface area (Å²) in [7, 11) is 1.66. The van der Waals surface area contributed by atoms with Crippen molar-refractivity contribution in [2.24, 2.45) is 0 Å². The van der Waals surface area contributed by atoms with Gasteiger partial charge in [0.05, 0.1) is 32.3 Å². The van der Waals surface area contributed by atoms with Crippen molar-refractivity contribution in [1.29, 1.82) is 0 Å². The second kappa shape index (κ2) is 11.9. The molecular formula is C23H31N3O7S. The molecule has 1 fully saturated rings. The Morgan fingerprint density at radius 2 is 1.91 bits per heavy atom. The molecule has 1 aliphatic rings. The lowest BCUT2D eigenvalue weighted by molar-refractivity contribution is -0.119. The summed E-state index contributed by atoms with van der Waals surface area (Å²) in [5, 5.41) is 2.92. The van der Waals surface area contributed by atoms with Crippen molar-refractivity contribution in [2.75, 3.05) is 39.7 Å². The Balaban J connectivity index is 1.52. The number of nitrogens with zero attached hydrogens (tertiary/aromatic N) is 2. The first kappa shape index (κ1) is 25.5. The van der Waals surface area contributed by atoms with Gasteiger partial charge in [-0.2, -0.15) is 0 Å². The van der Waals surface area contributed by atoms with Gasteiger partial charge in [0.2, 0.25) is 11.8 Å². The second-order valence-corrected chi connectivity index (χ2v) is 9.30. The summed E-state index contributed by atoms with van der Waals surface area (Å²) in [6, 6.07) is 5.26. The van der Waals surface area contributed by atoms with Gasteiger partial charge in [-0.05, 0) is 44.9 Å². The van der Waals surface area contributed by atoms with Crippen molar-refractivity contribution in [1.82, 2.24) is 15.2 Å². The van der Waals surface area contributed by atoms with Gasteiger partial charge in [-0.15, -0.1) is 0 Å². The first-order valence-corrected chi connectivity index (χ1v) is 12.6. The number of ether oxygens (including phenoxy) is 3. The third-order valence-electron chi connectivity index (χ3n) is 5.50. The van der Waals surface area contributed by atoms with Crippen LogP contribution in [0.2, 0.25) is 0 Å². The highest BCUT2D eigenvalue weighted by atomic mass is 32.2. The first-order valence-electron chi connectivity index (χ1n) is 11.1. The quantitative estimate of drug-likeness (QED) is 0.566. The minimum atomic E-state index is -1.45. The summed E-state index contributed by atoms with van der Waals surface area (Å²) in [6.45, 7) is 4.89. The molecule has 1 saturated heterocycles. The molecule has 1 aromatic carbocycles. The zero-order valence-corrected chi connectivity index (χ0v) is 20.7. The van der Waals surface area contributed by atoms with Gasteiger partial charge in [-0.1, -0.05) is 0 Å². The van der Waals surface area contributed by atoms with Crippen LogP contribution in [0.25, 0.3) is 11.5 Å². The van der Waals surface area contributed by atoms with Crippen LogP contribution in [0.3, 0.4) is 0 Å². The van der Waals surface area contributed by atoms with E-state index in [0.29, 0.717) is 66.9 Å². The monoisotopic (exact) mass is 493 g/mol. The van der Waals surface area contributed by atoms with E-state index < -0.39 is 10.8 Å². The summed E-state index contributed by atoms with van der Waals surface area (Å²) < 4.78 is 34.0. The highest BCUT2D eigenvalue weighted by molar-refractivity contribution is 7.84. The smallest absolute Gasteiger partial charge is 0.409 e. The number of methoxy groups -OCH3 is 2. The highest BCUT2D eigenvalue weighted by Crippen LogP contribution is 2.32. The van der Waals surface area contributed by atoms with Gasteiger partial charge in [0.1, 0.15) is 11.5 Å². The third-order valence-corrected chi connectivity index (χ3v) is 6.68. The number of hydrogen-bond donors (Lipinski definition) is 1. The molecule has 2 heterocycles. The van der Waals surface area contributed by atoms with Gasteiger partial charge in [-0.25, -0.2) is 9.78 Å². The van der Waals surface area contributed by atoms with E-state index in [1.165, 1.54) is 0 Å². The molecule has 3 rings (SSSR count). The number of likely N-dealkylation sites (tertiary alicyclic amines) is 1. The van der Waals surface area contributed by atoms with Crippen LogP contribution in [0, 0.1) is 6.92 Å². The van der Waals surface area contributed by atoms with Crippen molar-refractivity contribution in [3.63, 3.8) is 0 Å². The standard InChI is InChI=1S/C23H31N3O7S/c1-5-32-23(28)26-10-8-17(9-11-26)24-21(27)14-34(29)13-18-15(2)33-22(25-18)16-6-7-19(30-3)20(12-16)31-4/h6-7,12,17H,5,8-11,13-14H2,1-4H3,(H,24,27)/t34-/m0/s1. The summed E-state index contributed by atoms with van der Waals surface area (Å²) in [4.78, 5) is 30.3. The van der Waals surface area contributed by atoms with Gasteiger partial charge in [0.25, 0.3) is 0 Å². The Bertz CT molecular complexity index is 1030. The number of rotatable bonds is 9. The molecule has 0 aliphatic carbocycles. The van der Waals surface area contributed by atoms with E-state index in [9.17, 15) is 13.8 Å². The fraction of sp³-hybridized carbons (Fsp3) is 0.522. The lowest BCUT2D eigenvalue weighted by Gasteiger charge is -2.31. The third kappa shape index (κ3) is 6.49. The second-order valence-electron chi connectivity index (χ2n) is 7.85. The predicted octanol–water partition coefficient (Wildman–Crippen LogP) is 2.65. The van der Waals surface area contributed by atoms with Crippen molar-refractivity contribution in [3.05, 3.63) is 29.7 Å². The number of benzene rings is 1. The summed E-state index contributed by atoms with van der Waals surface area (Å²) >= 11 is 0. The molecule has 186 valence electrons. The van der Waals surface area contributed by atoms with E-state index in [1.807, 2.05) is 0 Å². The predicted molar refractivity (Wildman–Crippen MR) is 126 cm³/mol. The number of amides is 2. The van der Waals surface area contributed by atoms with E-state index >= 15 is 0 Å². The highest BCUT2D eigenvalue weighted by Gasteiger charge is 2.25. The first-order chi connectivity index (χ1) is 16.3. The number of aromatic nitrogens is 1. The average Bonchev–Trinajstić information content (AvgIpc) is 3.18. The van der Waals surface area contributed by atoms with Crippen molar-refractivity contribution < 1.29 is 32.4 Å². The van der Waals surface area contributed by atoms with Crippen LogP contribution in [-0.4, -0.2) is 71.8 Å². The zero-order chi connectivity index (χ0) is 24.7. The molecule has 1 aliphatic heterocycles. The molecule has 0 bridgehead atoms. The molecule has 34 heavy (non-hydrogen) atoms. The lowest BCUT2D eigenvalue weighted by Crippen LogP contribution is -2.47. The fourth-order valence-corrected chi connectivity index (χ4v) is 4.75. The minimum Gasteiger partial charge on any atom is -0.493 e. The van der Waals surface area contributed by atoms with Crippen LogP contribution in [0.5, 0.6) is 11.5 Å². The average molecular weight is 494 g/mol. The lowest BCUT2D eigenvalue weighted by atomic mass is 10.1. The molecule has 1 atom stereocenters. The number of nitrogens with one attached hydrogen (secondary N) is 1. The topological polar surface area (TPSA) is 120 Å². The van der Waals surface area contributed by atoms with Crippen LogP contribution in [0.4, 0.5) is 4.79 Å². The Hall–Kier alpha value is -3.08. The van der Waals surface area contributed by atoms with Gasteiger partial charge in [-0.3, -0.25) is 9.00 Å². The van der Waals surface area contributed by atoms with E-state index in [2.05, 4.69) is 10.3 Å². The van der Waals surface area contributed by atoms with Crippen LogP contribution in [0.1, 0.15) is 31.2 Å². The van der Waals surface area contributed by atoms with Crippen LogP contribution in [0.15, 0.2) is 22.6 Å². The van der Waals surface area contributed by atoms with Crippen LogP contribution in [-0.2, 0) is 26.1 Å². The molecule has 2 aromatic rings. The van der Waals surface area contributed by atoms with E-state index in [1.54, 1.807) is 51.2 Å². The van der Waals surface area contributed by atoms with Gasteiger partial charge in [0, 0.05) is 35.5 Å². The number of hydrogen-bond acceptors (Lipinski definition) is 8. The van der Waals surface area contributed by atoms with Crippen LogP contribution < -0.4 is 14.8 Å². The van der Waals surface area contributed by atoms with Crippen LogP contribution >= 0.6 is 0 Å². The van der Waals surface area contributed by atoms with Gasteiger partial charge >= 0.3 is 6.09 Å². The molecule has 0 unspecified atom stereocenters. The number of aryl methyl sites for hydroxylation is 1. The number of piperidine rings is 1. The number of carbonyl (C=O) groups is 2.